The first-order valence-electron chi connectivity index (χ1n) is 12.2. The zero-order valence-electron chi connectivity index (χ0n) is 20.4. The molecule has 2 amide bonds. The number of hydrogen-bond acceptors (Lipinski definition) is 2. The zero-order chi connectivity index (χ0) is 24.8. The maximum absolute atomic E-state index is 14.0. The van der Waals surface area contributed by atoms with Crippen molar-refractivity contribution in [2.45, 2.75) is 26.9 Å². The Balaban J connectivity index is 1.46. The minimum Gasteiger partial charge on any atom is -0.303 e. The van der Waals surface area contributed by atoms with Crippen LogP contribution in [0.25, 0.3) is 11.1 Å². The molecule has 0 N–H and O–H groups in total. The molecule has 2 aliphatic rings. The van der Waals surface area contributed by atoms with Gasteiger partial charge in [0.2, 0.25) is 0 Å². The highest BCUT2D eigenvalue weighted by molar-refractivity contribution is 6.49. The molecular weight excluding hydrogens is 444 g/mol. The molecule has 4 heteroatoms. The fraction of sp³-hybridized carbons (Fsp3) is 0.125. The molecule has 2 heterocycles. The lowest BCUT2D eigenvalue weighted by atomic mass is 9.96. The smallest absolute Gasteiger partial charge is 0.260 e. The third-order valence-corrected chi connectivity index (χ3v) is 7.02. The molecule has 0 radical (unpaired) electrons. The second-order valence-corrected chi connectivity index (χ2v) is 9.54. The van der Waals surface area contributed by atoms with E-state index in [-0.39, 0.29) is 11.8 Å². The van der Waals surface area contributed by atoms with Crippen molar-refractivity contribution >= 4 is 34.3 Å². The number of rotatable bonds is 4. The van der Waals surface area contributed by atoms with Crippen LogP contribution in [0.4, 0.5) is 11.4 Å². The zero-order valence-corrected chi connectivity index (χ0v) is 20.4. The number of nitrogens with zero attached hydrogens (tertiary/aromatic N) is 2. The molecular formula is C32H26N2O2. The van der Waals surface area contributed by atoms with E-state index in [1.54, 1.807) is 9.80 Å². The molecule has 0 atom stereocenters. The second-order valence-electron chi connectivity index (χ2n) is 9.54. The van der Waals surface area contributed by atoms with Crippen molar-refractivity contribution < 1.29 is 9.59 Å². The second kappa shape index (κ2) is 8.65. The lowest BCUT2D eigenvalue weighted by molar-refractivity contribution is -0.114. The van der Waals surface area contributed by atoms with E-state index >= 15 is 0 Å². The highest BCUT2D eigenvalue weighted by Crippen LogP contribution is 2.47. The molecule has 0 unspecified atom stereocenters. The number of benzene rings is 4. The van der Waals surface area contributed by atoms with Gasteiger partial charge >= 0.3 is 0 Å². The number of carbonyl (C=O) groups is 2. The Morgan fingerprint density at radius 3 is 1.25 bits per heavy atom. The number of fused-ring (bicyclic) bond motifs is 2. The van der Waals surface area contributed by atoms with Crippen LogP contribution in [0.2, 0.25) is 0 Å². The van der Waals surface area contributed by atoms with Crippen LogP contribution in [0.5, 0.6) is 0 Å². The summed E-state index contributed by atoms with van der Waals surface area (Å²) in [4.78, 5) is 31.5. The van der Waals surface area contributed by atoms with E-state index < -0.39 is 0 Å². The number of para-hydroxylation sites is 2. The Morgan fingerprint density at radius 1 is 0.500 bits per heavy atom. The Morgan fingerprint density at radius 2 is 0.861 bits per heavy atom. The molecule has 6 rings (SSSR count). The fourth-order valence-corrected chi connectivity index (χ4v) is 5.11. The van der Waals surface area contributed by atoms with Gasteiger partial charge in [-0.3, -0.25) is 9.59 Å². The fourth-order valence-electron chi connectivity index (χ4n) is 5.11. The molecule has 4 aromatic rings. The number of anilines is 2. The molecule has 0 saturated heterocycles. The minimum atomic E-state index is -0.132. The molecule has 0 aromatic heterocycles. The van der Waals surface area contributed by atoms with Gasteiger partial charge in [0, 0.05) is 11.1 Å². The van der Waals surface area contributed by atoms with Crippen molar-refractivity contribution in [2.75, 3.05) is 9.80 Å². The minimum absolute atomic E-state index is 0.132. The number of hydrogen-bond donors (Lipinski definition) is 0. The quantitative estimate of drug-likeness (QED) is 0.328. The van der Waals surface area contributed by atoms with E-state index in [4.69, 9.17) is 0 Å². The van der Waals surface area contributed by atoms with E-state index in [1.807, 2.05) is 62.4 Å². The van der Waals surface area contributed by atoms with Gasteiger partial charge in [-0.1, -0.05) is 96.1 Å². The molecule has 0 aliphatic carbocycles. The van der Waals surface area contributed by atoms with Gasteiger partial charge < -0.3 is 9.80 Å². The van der Waals surface area contributed by atoms with E-state index in [0.29, 0.717) is 24.2 Å². The van der Waals surface area contributed by atoms with Crippen LogP contribution in [-0.4, -0.2) is 11.8 Å². The van der Waals surface area contributed by atoms with Crippen LogP contribution in [0, 0.1) is 13.8 Å². The molecule has 0 spiro atoms. The van der Waals surface area contributed by atoms with Gasteiger partial charge in [-0.25, -0.2) is 0 Å². The molecule has 36 heavy (non-hydrogen) atoms. The predicted octanol–water partition coefficient (Wildman–Crippen LogP) is 6.31. The van der Waals surface area contributed by atoms with Crippen molar-refractivity contribution in [3.05, 3.63) is 130 Å². The van der Waals surface area contributed by atoms with Gasteiger partial charge in [-0.05, 0) is 37.1 Å². The molecule has 0 bridgehead atoms. The van der Waals surface area contributed by atoms with Crippen LogP contribution in [-0.2, 0) is 22.7 Å². The van der Waals surface area contributed by atoms with Crippen molar-refractivity contribution in [2.24, 2.45) is 0 Å². The first-order chi connectivity index (χ1) is 17.5. The third kappa shape index (κ3) is 3.62. The highest BCUT2D eigenvalue weighted by Gasteiger charge is 2.41. The van der Waals surface area contributed by atoms with Gasteiger partial charge in [0.1, 0.15) is 0 Å². The normalized spacial score (nSPS) is 16.5. The first-order valence-corrected chi connectivity index (χ1v) is 12.2. The Hall–Kier alpha value is -4.44. The van der Waals surface area contributed by atoms with Gasteiger partial charge in [0.25, 0.3) is 11.8 Å². The van der Waals surface area contributed by atoms with Crippen molar-refractivity contribution in [3.63, 3.8) is 0 Å². The summed E-state index contributed by atoms with van der Waals surface area (Å²) in [5.74, 6) is -0.265. The van der Waals surface area contributed by atoms with E-state index in [0.717, 1.165) is 33.6 Å². The first kappa shape index (κ1) is 22.1. The summed E-state index contributed by atoms with van der Waals surface area (Å²) >= 11 is 0. The average Bonchev–Trinajstić information content (AvgIpc) is 3.32. The summed E-state index contributed by atoms with van der Waals surface area (Å²) in [6, 6.07) is 32.0. The topological polar surface area (TPSA) is 40.6 Å². The Labute approximate surface area is 211 Å². The summed E-state index contributed by atoms with van der Waals surface area (Å²) in [6.07, 6.45) is 0. The standard InChI is InChI=1S/C32H26N2O2/c1-21-11-15-23(16-12-21)19-33-27-9-5-3-7-25(27)29(31(33)35)30-26-8-4-6-10-28(26)34(32(30)36)20-24-17-13-22(2)14-18-24/h3-18H,19-20H2,1-2H3/b30-29+. The SMILES string of the molecule is Cc1ccc(CN2C(=O)/C(=C3/C(=O)N(Cc4ccc(C)cc4)c4ccccc43)c3ccccc32)cc1. The van der Waals surface area contributed by atoms with Gasteiger partial charge in [-0.15, -0.1) is 0 Å². The number of carbonyl (C=O) groups excluding carboxylic acids is 2. The van der Waals surface area contributed by atoms with Crippen LogP contribution in [0.15, 0.2) is 97.1 Å². The van der Waals surface area contributed by atoms with Crippen LogP contribution >= 0.6 is 0 Å². The summed E-state index contributed by atoms with van der Waals surface area (Å²) in [5.41, 5.74) is 8.73. The number of aryl methyl sites for hydroxylation is 2. The summed E-state index contributed by atoms with van der Waals surface area (Å²) < 4.78 is 0. The maximum atomic E-state index is 14.0. The van der Waals surface area contributed by atoms with Gasteiger partial charge in [-0.2, -0.15) is 0 Å². The molecule has 176 valence electrons. The summed E-state index contributed by atoms with van der Waals surface area (Å²) in [6.45, 7) is 5.01. The third-order valence-electron chi connectivity index (χ3n) is 7.02. The molecule has 0 fully saturated rings. The maximum Gasteiger partial charge on any atom is 0.260 e. The van der Waals surface area contributed by atoms with Gasteiger partial charge in [0.15, 0.2) is 0 Å². The van der Waals surface area contributed by atoms with Crippen molar-refractivity contribution in [3.8, 4) is 0 Å². The number of amides is 2. The van der Waals surface area contributed by atoms with Crippen LogP contribution < -0.4 is 9.80 Å². The van der Waals surface area contributed by atoms with Gasteiger partial charge in [0.05, 0.1) is 35.6 Å². The lowest BCUT2D eigenvalue weighted by Crippen LogP contribution is -2.28. The molecule has 2 aliphatic heterocycles. The van der Waals surface area contributed by atoms with E-state index in [2.05, 4.69) is 48.5 Å². The molecule has 4 nitrogen and oxygen atoms in total. The highest BCUT2D eigenvalue weighted by atomic mass is 16.2. The summed E-state index contributed by atoms with van der Waals surface area (Å²) in [7, 11) is 0. The van der Waals surface area contributed by atoms with E-state index in [1.165, 1.54) is 11.1 Å². The summed E-state index contributed by atoms with van der Waals surface area (Å²) in [5, 5.41) is 0. The molecule has 4 aromatic carbocycles. The predicted molar refractivity (Wildman–Crippen MR) is 144 cm³/mol. The van der Waals surface area contributed by atoms with Crippen LogP contribution in [0.3, 0.4) is 0 Å². The Kier molecular flexibility index (Phi) is 5.30. The Bertz CT molecular complexity index is 1410. The van der Waals surface area contributed by atoms with Crippen molar-refractivity contribution in [1.82, 2.24) is 0 Å². The molecule has 0 saturated carbocycles. The van der Waals surface area contributed by atoms with E-state index in [9.17, 15) is 9.59 Å². The largest absolute Gasteiger partial charge is 0.303 e. The lowest BCUT2D eigenvalue weighted by Gasteiger charge is -2.18. The van der Waals surface area contributed by atoms with Crippen LogP contribution in [0.1, 0.15) is 33.4 Å². The average molecular weight is 471 g/mol. The van der Waals surface area contributed by atoms with Crippen molar-refractivity contribution in [1.29, 1.82) is 0 Å². The monoisotopic (exact) mass is 470 g/mol.